The maximum absolute atomic E-state index is 15.0. The number of rotatable bonds is 4. The molecule has 5 heteroatoms. The molecule has 0 N–H and O–H groups in total. The minimum atomic E-state index is -2.97. The molecule has 0 fully saturated rings. The summed E-state index contributed by atoms with van der Waals surface area (Å²) >= 11 is 1.79. The molecule has 198 valence electrons. The lowest BCUT2D eigenvalue weighted by molar-refractivity contribution is 0.588. The second-order valence-corrected chi connectivity index (χ2v) is 14.7. The SMILES string of the molecule is CC1CC(P(=O)(c2ccccc2)c2ccccc2)=Cc2ccc(-c3ccc4nc5c6ccccc6sc5n4c3)cc21. The van der Waals surface area contributed by atoms with Crippen molar-refractivity contribution in [1.29, 1.82) is 0 Å². The summed E-state index contributed by atoms with van der Waals surface area (Å²) in [6, 6.07) is 39.5. The van der Waals surface area contributed by atoms with E-state index in [1.807, 2.05) is 60.7 Å². The van der Waals surface area contributed by atoms with Crippen LogP contribution in [0.3, 0.4) is 0 Å². The third-order valence-electron chi connectivity index (χ3n) is 8.36. The number of thiophene rings is 1. The first-order valence-corrected chi connectivity index (χ1v) is 16.5. The molecule has 0 saturated heterocycles. The Hall–Kier alpha value is -4.24. The van der Waals surface area contributed by atoms with Gasteiger partial charge in [-0.1, -0.05) is 104 Å². The van der Waals surface area contributed by atoms with E-state index in [2.05, 4.69) is 78.2 Å². The Labute approximate surface area is 242 Å². The molecule has 4 aromatic carbocycles. The van der Waals surface area contributed by atoms with Crippen molar-refractivity contribution in [1.82, 2.24) is 9.38 Å². The predicted octanol–water partition coefficient (Wildman–Crippen LogP) is 9.23. The third kappa shape index (κ3) is 3.86. The monoisotopic (exact) mass is 566 g/mol. The number of benzene rings is 4. The van der Waals surface area contributed by atoms with Gasteiger partial charge in [0, 0.05) is 26.9 Å². The van der Waals surface area contributed by atoms with Crippen molar-refractivity contribution >= 4 is 61.2 Å². The fourth-order valence-corrected chi connectivity index (χ4v) is 10.4. The van der Waals surface area contributed by atoms with E-state index in [0.717, 1.165) is 39.1 Å². The van der Waals surface area contributed by atoms with E-state index in [9.17, 15) is 0 Å². The summed E-state index contributed by atoms with van der Waals surface area (Å²) in [5.41, 5.74) is 6.85. The van der Waals surface area contributed by atoms with Gasteiger partial charge in [-0.3, -0.25) is 4.40 Å². The van der Waals surface area contributed by atoms with Gasteiger partial charge in [-0.2, -0.15) is 0 Å². The highest BCUT2D eigenvalue weighted by Crippen LogP contribution is 2.57. The highest BCUT2D eigenvalue weighted by Gasteiger charge is 2.35. The van der Waals surface area contributed by atoms with E-state index in [1.165, 1.54) is 31.6 Å². The topological polar surface area (TPSA) is 34.4 Å². The summed E-state index contributed by atoms with van der Waals surface area (Å²) in [6.07, 6.45) is 5.18. The zero-order chi connectivity index (χ0) is 27.6. The average molecular weight is 567 g/mol. The van der Waals surface area contributed by atoms with Crippen molar-refractivity contribution in [2.75, 3.05) is 0 Å². The summed E-state index contributed by atoms with van der Waals surface area (Å²) in [6.45, 7) is 2.26. The molecular weight excluding hydrogens is 539 g/mol. The Bertz CT molecular complexity index is 2130. The third-order valence-corrected chi connectivity index (χ3v) is 12.7. The Morgan fingerprint density at radius 1 is 0.805 bits per heavy atom. The molecule has 0 aliphatic heterocycles. The number of fused-ring (bicyclic) bond motifs is 6. The molecule has 0 amide bonds. The van der Waals surface area contributed by atoms with Crippen molar-refractivity contribution < 1.29 is 4.57 Å². The minimum Gasteiger partial charge on any atom is -0.309 e. The van der Waals surface area contributed by atoms with Crippen LogP contribution in [-0.4, -0.2) is 9.38 Å². The quantitative estimate of drug-likeness (QED) is 0.199. The summed E-state index contributed by atoms with van der Waals surface area (Å²) in [4.78, 5) is 6.12. The highest BCUT2D eigenvalue weighted by atomic mass is 32.1. The van der Waals surface area contributed by atoms with Crippen LogP contribution in [0.15, 0.2) is 127 Å². The molecule has 0 spiro atoms. The van der Waals surface area contributed by atoms with Crippen LogP contribution in [0.5, 0.6) is 0 Å². The maximum Gasteiger partial charge on any atom is 0.167 e. The van der Waals surface area contributed by atoms with Gasteiger partial charge < -0.3 is 4.57 Å². The Kier molecular flexibility index (Phi) is 5.63. The molecule has 3 aromatic heterocycles. The van der Waals surface area contributed by atoms with Gasteiger partial charge in [0.1, 0.15) is 16.0 Å². The molecule has 7 aromatic rings. The second-order valence-electron chi connectivity index (χ2n) is 10.9. The van der Waals surface area contributed by atoms with Gasteiger partial charge in [0.2, 0.25) is 0 Å². The van der Waals surface area contributed by atoms with Crippen LogP contribution in [0.1, 0.15) is 30.4 Å². The number of nitrogens with zero attached hydrogens (tertiary/aromatic N) is 2. The molecule has 1 unspecified atom stereocenters. The van der Waals surface area contributed by atoms with Gasteiger partial charge in [-0.15, -0.1) is 11.3 Å². The maximum atomic E-state index is 15.0. The van der Waals surface area contributed by atoms with Crippen molar-refractivity contribution in [2.45, 2.75) is 19.3 Å². The normalized spacial score (nSPS) is 15.3. The van der Waals surface area contributed by atoms with E-state index in [-0.39, 0.29) is 5.92 Å². The molecule has 1 aliphatic carbocycles. The number of aromatic nitrogens is 2. The fraction of sp³-hybridized carbons (Fsp3) is 0.0833. The fourth-order valence-electron chi connectivity index (χ4n) is 6.27. The standard InChI is InChI=1S/C36H27N2OPS/c1-24-20-30(40(39,28-10-4-2-5-11-28)29-12-6-3-7-13-29)21-26-17-16-25(22-32(24)26)27-18-19-34-37-35-31-14-8-9-15-33(31)41-36(35)38(34)23-27/h2-19,21-24H,20H2,1H3. The van der Waals surface area contributed by atoms with E-state index < -0.39 is 7.14 Å². The van der Waals surface area contributed by atoms with Crippen LogP contribution < -0.4 is 10.6 Å². The van der Waals surface area contributed by atoms with Gasteiger partial charge in [0.05, 0.1) is 0 Å². The lowest BCUT2D eigenvalue weighted by Crippen LogP contribution is -2.19. The predicted molar refractivity (Wildman–Crippen MR) is 174 cm³/mol. The van der Waals surface area contributed by atoms with Gasteiger partial charge in [-0.25, -0.2) is 4.98 Å². The molecular formula is C36H27N2OPS. The Morgan fingerprint density at radius 3 is 2.24 bits per heavy atom. The first-order chi connectivity index (χ1) is 20.1. The van der Waals surface area contributed by atoms with Gasteiger partial charge in [0.15, 0.2) is 7.14 Å². The molecule has 1 aliphatic rings. The first-order valence-electron chi connectivity index (χ1n) is 14.0. The highest BCUT2D eigenvalue weighted by molar-refractivity contribution is 7.82. The summed E-state index contributed by atoms with van der Waals surface area (Å²) in [5.74, 6) is 0.247. The van der Waals surface area contributed by atoms with Crippen LogP contribution in [0.2, 0.25) is 0 Å². The van der Waals surface area contributed by atoms with Crippen molar-refractivity contribution in [2.24, 2.45) is 0 Å². The zero-order valence-corrected chi connectivity index (χ0v) is 24.3. The van der Waals surface area contributed by atoms with E-state index in [4.69, 9.17) is 4.98 Å². The Balaban J connectivity index is 1.23. The molecule has 0 radical (unpaired) electrons. The van der Waals surface area contributed by atoms with Crippen molar-refractivity contribution in [3.8, 4) is 11.1 Å². The first kappa shape index (κ1) is 24.5. The summed E-state index contributed by atoms with van der Waals surface area (Å²) in [7, 11) is -2.97. The largest absolute Gasteiger partial charge is 0.309 e. The number of allylic oxidation sites excluding steroid dienone is 1. The van der Waals surface area contributed by atoms with Gasteiger partial charge >= 0.3 is 0 Å². The molecule has 8 rings (SSSR count). The van der Waals surface area contributed by atoms with Crippen LogP contribution >= 0.6 is 18.5 Å². The second kappa shape index (κ2) is 9.41. The molecule has 41 heavy (non-hydrogen) atoms. The van der Waals surface area contributed by atoms with Crippen molar-refractivity contribution in [3.63, 3.8) is 0 Å². The number of imidazole rings is 1. The van der Waals surface area contributed by atoms with Crippen LogP contribution in [0, 0.1) is 0 Å². The lowest BCUT2D eigenvalue weighted by Gasteiger charge is -2.29. The molecule has 0 bridgehead atoms. The van der Waals surface area contributed by atoms with Crippen LogP contribution in [-0.2, 0) is 4.57 Å². The van der Waals surface area contributed by atoms with Crippen LogP contribution in [0.25, 0.3) is 43.3 Å². The smallest absolute Gasteiger partial charge is 0.167 e. The van der Waals surface area contributed by atoms with E-state index in [1.54, 1.807) is 11.3 Å². The minimum absolute atomic E-state index is 0.247. The van der Waals surface area contributed by atoms with Crippen LogP contribution in [0.4, 0.5) is 0 Å². The number of hydrogen-bond acceptors (Lipinski definition) is 3. The summed E-state index contributed by atoms with van der Waals surface area (Å²) in [5, 5.41) is 4.03. The van der Waals surface area contributed by atoms with Crippen molar-refractivity contribution in [3.05, 3.63) is 138 Å². The zero-order valence-electron chi connectivity index (χ0n) is 22.6. The number of pyridine rings is 1. The molecule has 3 nitrogen and oxygen atoms in total. The van der Waals surface area contributed by atoms with Gasteiger partial charge in [0.25, 0.3) is 0 Å². The van der Waals surface area contributed by atoms with E-state index in [0.29, 0.717) is 0 Å². The Morgan fingerprint density at radius 2 is 1.49 bits per heavy atom. The molecule has 0 saturated carbocycles. The lowest BCUT2D eigenvalue weighted by atomic mass is 9.86. The molecule has 3 heterocycles. The average Bonchev–Trinajstić information content (AvgIpc) is 3.57. The van der Waals surface area contributed by atoms with Gasteiger partial charge in [-0.05, 0) is 64.2 Å². The molecule has 1 atom stereocenters. The van der Waals surface area contributed by atoms with E-state index >= 15 is 4.57 Å². The summed E-state index contributed by atoms with van der Waals surface area (Å²) < 4.78 is 18.5. The number of hydrogen-bond donors (Lipinski definition) is 0.